The van der Waals surface area contributed by atoms with Gasteiger partial charge in [-0.25, -0.2) is 4.79 Å². The van der Waals surface area contributed by atoms with Gasteiger partial charge in [-0.3, -0.25) is 0 Å². The molecule has 0 saturated carbocycles. The first-order chi connectivity index (χ1) is 10.9. The molecule has 0 N–H and O–H groups in total. The molecule has 0 spiro atoms. The average molecular weight is 324 g/mol. The van der Waals surface area contributed by atoms with Crippen molar-refractivity contribution >= 4 is 14.0 Å². The number of carbonyl (C=O) groups is 1. The molecule has 0 heterocycles. The predicted octanol–water partition coefficient (Wildman–Crippen LogP) is 4.49. The van der Waals surface area contributed by atoms with E-state index in [4.69, 9.17) is 4.74 Å². The van der Waals surface area contributed by atoms with Crippen molar-refractivity contribution in [3.63, 3.8) is 0 Å². The van der Waals surface area contributed by atoms with Crippen LogP contribution in [-0.4, -0.2) is 21.2 Å². The van der Waals surface area contributed by atoms with E-state index in [1.807, 2.05) is 24.3 Å². The zero-order chi connectivity index (χ0) is 16.9. The monoisotopic (exact) mass is 324 g/mol. The van der Waals surface area contributed by atoms with Crippen LogP contribution in [0.2, 0.25) is 19.6 Å². The van der Waals surface area contributed by atoms with Crippen molar-refractivity contribution < 1.29 is 14.3 Å². The first-order valence-electron chi connectivity index (χ1n) is 7.37. The van der Waals surface area contributed by atoms with E-state index >= 15 is 0 Å². The summed E-state index contributed by atoms with van der Waals surface area (Å²) in [5.41, 5.74) is 4.82. The number of hydrogen-bond donors (Lipinski definition) is 0. The molecule has 0 fully saturated rings. The smallest absolute Gasteiger partial charge is 0.337 e. The Morgan fingerprint density at radius 1 is 0.913 bits per heavy atom. The highest BCUT2D eigenvalue weighted by Crippen LogP contribution is 2.22. The first kappa shape index (κ1) is 16.9. The number of esters is 1. The summed E-state index contributed by atoms with van der Waals surface area (Å²) >= 11 is 0. The number of carbonyl (C=O) groups excluding carboxylic acids is 1. The Balaban J connectivity index is 2.06. The van der Waals surface area contributed by atoms with Crippen molar-refractivity contribution in [2.24, 2.45) is 0 Å². The predicted molar refractivity (Wildman–Crippen MR) is 94.5 cm³/mol. The van der Waals surface area contributed by atoms with Gasteiger partial charge in [0, 0.05) is 5.56 Å². The number of ether oxygens (including phenoxy) is 2. The van der Waals surface area contributed by atoms with E-state index in [1.165, 1.54) is 7.11 Å². The quantitative estimate of drug-likeness (QED) is 0.474. The lowest BCUT2D eigenvalue weighted by atomic mass is 10.2. The summed E-state index contributed by atoms with van der Waals surface area (Å²) in [4.78, 5) is 11.4. The molecule has 0 aliphatic heterocycles. The Morgan fingerprint density at radius 2 is 1.43 bits per heavy atom. The molecule has 0 saturated heterocycles. The van der Waals surface area contributed by atoms with Crippen LogP contribution in [-0.2, 0) is 4.74 Å². The van der Waals surface area contributed by atoms with Crippen LogP contribution in [0.5, 0.6) is 11.5 Å². The minimum atomic E-state index is -1.36. The number of hydrogen-bond acceptors (Lipinski definition) is 3. The van der Waals surface area contributed by atoms with Gasteiger partial charge < -0.3 is 9.47 Å². The molecule has 0 radical (unpaired) electrons. The van der Waals surface area contributed by atoms with Gasteiger partial charge in [-0.2, -0.15) is 0 Å². The number of benzene rings is 2. The Morgan fingerprint density at radius 3 is 1.91 bits per heavy atom. The van der Waals surface area contributed by atoms with Crippen LogP contribution < -0.4 is 4.74 Å². The van der Waals surface area contributed by atoms with Crippen LogP contribution in [0.4, 0.5) is 0 Å². The van der Waals surface area contributed by atoms with Crippen molar-refractivity contribution in [3.05, 3.63) is 59.7 Å². The van der Waals surface area contributed by atoms with Crippen LogP contribution in [0.25, 0.3) is 0 Å². The molecule has 2 rings (SSSR count). The van der Waals surface area contributed by atoms with Gasteiger partial charge in [-0.05, 0) is 48.5 Å². The Hall–Kier alpha value is -2.51. The van der Waals surface area contributed by atoms with E-state index in [-0.39, 0.29) is 5.97 Å². The number of rotatable bonds is 3. The molecule has 23 heavy (non-hydrogen) atoms. The SMILES string of the molecule is COC(=O)c1ccc(Oc2ccc(C#C[Si](C)(C)C)cc2)cc1. The van der Waals surface area contributed by atoms with Gasteiger partial charge in [-0.1, -0.05) is 25.6 Å². The second-order valence-electron chi connectivity index (χ2n) is 6.14. The summed E-state index contributed by atoms with van der Waals surface area (Å²) < 4.78 is 10.4. The Bertz CT molecular complexity index is 729. The van der Waals surface area contributed by atoms with Gasteiger partial charge in [0.15, 0.2) is 0 Å². The molecule has 0 amide bonds. The Kier molecular flexibility index (Phi) is 5.25. The molecule has 0 atom stereocenters. The van der Waals surface area contributed by atoms with Crippen LogP contribution in [0.3, 0.4) is 0 Å². The van der Waals surface area contributed by atoms with Gasteiger partial charge in [0.2, 0.25) is 0 Å². The molecule has 2 aromatic carbocycles. The third-order valence-electron chi connectivity index (χ3n) is 2.95. The fourth-order valence-electron chi connectivity index (χ4n) is 1.78. The van der Waals surface area contributed by atoms with E-state index < -0.39 is 8.07 Å². The zero-order valence-electron chi connectivity index (χ0n) is 13.8. The maximum atomic E-state index is 11.4. The summed E-state index contributed by atoms with van der Waals surface area (Å²) in [5, 5.41) is 0. The molecule has 0 aliphatic rings. The second-order valence-corrected chi connectivity index (χ2v) is 10.9. The average Bonchev–Trinajstić information content (AvgIpc) is 2.53. The lowest BCUT2D eigenvalue weighted by molar-refractivity contribution is 0.0600. The third kappa shape index (κ3) is 5.31. The zero-order valence-corrected chi connectivity index (χ0v) is 14.8. The minimum Gasteiger partial charge on any atom is -0.465 e. The summed E-state index contributed by atoms with van der Waals surface area (Å²) in [6, 6.07) is 14.5. The van der Waals surface area contributed by atoms with Gasteiger partial charge in [0.25, 0.3) is 0 Å². The summed E-state index contributed by atoms with van der Waals surface area (Å²) in [7, 11) is -0.00217. The molecule has 3 nitrogen and oxygen atoms in total. The van der Waals surface area contributed by atoms with Crippen LogP contribution in [0, 0.1) is 11.5 Å². The summed E-state index contributed by atoms with van der Waals surface area (Å²) in [5.74, 6) is 4.24. The van der Waals surface area contributed by atoms with Crippen LogP contribution in [0.15, 0.2) is 48.5 Å². The Labute approximate surface area is 138 Å². The molecule has 2 aromatic rings. The fraction of sp³-hybridized carbons (Fsp3) is 0.211. The van der Waals surface area contributed by atoms with Crippen molar-refractivity contribution in [1.82, 2.24) is 0 Å². The van der Waals surface area contributed by atoms with Gasteiger partial charge in [0.05, 0.1) is 12.7 Å². The topological polar surface area (TPSA) is 35.5 Å². The molecule has 0 unspecified atom stereocenters. The van der Waals surface area contributed by atoms with Crippen LogP contribution in [0.1, 0.15) is 15.9 Å². The van der Waals surface area contributed by atoms with E-state index in [0.717, 1.165) is 11.3 Å². The molecule has 0 aromatic heterocycles. The minimum absolute atomic E-state index is 0.359. The van der Waals surface area contributed by atoms with Crippen molar-refractivity contribution in [1.29, 1.82) is 0 Å². The van der Waals surface area contributed by atoms with Crippen molar-refractivity contribution in [2.75, 3.05) is 7.11 Å². The summed E-state index contributed by atoms with van der Waals surface area (Å²) in [6.07, 6.45) is 0. The van der Waals surface area contributed by atoms with E-state index in [9.17, 15) is 4.79 Å². The van der Waals surface area contributed by atoms with Gasteiger partial charge in [0.1, 0.15) is 19.6 Å². The molecule has 0 bridgehead atoms. The maximum absolute atomic E-state index is 11.4. The van der Waals surface area contributed by atoms with Crippen molar-refractivity contribution in [3.8, 4) is 23.0 Å². The normalized spacial score (nSPS) is 10.4. The second kappa shape index (κ2) is 7.17. The maximum Gasteiger partial charge on any atom is 0.337 e. The highest BCUT2D eigenvalue weighted by Gasteiger charge is 2.07. The third-order valence-corrected chi connectivity index (χ3v) is 3.82. The standard InChI is InChI=1S/C19H20O3Si/c1-21-19(20)16-7-11-18(12-8-16)22-17-9-5-15(6-10-17)13-14-23(2,3)4/h5-12H,1-4H3. The highest BCUT2D eigenvalue weighted by molar-refractivity contribution is 6.83. The number of methoxy groups -OCH3 is 1. The molecular weight excluding hydrogens is 304 g/mol. The summed E-state index contributed by atoms with van der Waals surface area (Å²) in [6.45, 7) is 6.65. The highest BCUT2D eigenvalue weighted by atomic mass is 28.3. The fourth-order valence-corrected chi connectivity index (χ4v) is 2.30. The van der Waals surface area contributed by atoms with Crippen molar-refractivity contribution in [2.45, 2.75) is 19.6 Å². The molecular formula is C19H20O3Si. The van der Waals surface area contributed by atoms with E-state index in [0.29, 0.717) is 11.3 Å². The van der Waals surface area contributed by atoms with E-state index in [2.05, 4.69) is 35.8 Å². The van der Waals surface area contributed by atoms with Gasteiger partial charge in [-0.15, -0.1) is 5.54 Å². The largest absolute Gasteiger partial charge is 0.465 e. The lowest BCUT2D eigenvalue weighted by Gasteiger charge is -2.07. The van der Waals surface area contributed by atoms with Crippen LogP contribution >= 0.6 is 0 Å². The molecule has 4 heteroatoms. The first-order valence-corrected chi connectivity index (χ1v) is 10.9. The molecule has 118 valence electrons. The van der Waals surface area contributed by atoms with Gasteiger partial charge >= 0.3 is 5.97 Å². The van der Waals surface area contributed by atoms with E-state index in [1.54, 1.807) is 24.3 Å². The molecule has 0 aliphatic carbocycles. The lowest BCUT2D eigenvalue weighted by Crippen LogP contribution is -2.16.